The number of nitrogens with one attached hydrogen (secondary N) is 1. The molecule has 9 heteroatoms. The molecule has 3 aliphatic heterocycles. The number of anilines is 1. The van der Waals surface area contributed by atoms with E-state index in [2.05, 4.69) is 46.2 Å². The molecule has 0 radical (unpaired) electrons. The lowest BCUT2D eigenvalue weighted by Crippen LogP contribution is -2.51. The van der Waals surface area contributed by atoms with Gasteiger partial charge in [-0.25, -0.2) is 18.7 Å². The lowest BCUT2D eigenvalue weighted by molar-refractivity contribution is 0.239. The Labute approximate surface area is 282 Å². The van der Waals surface area contributed by atoms with Gasteiger partial charge in [-0.2, -0.15) is 5.10 Å². The SMILES string of the molecule is C#Cc1c(F)ccc(=C)/c1=C/c1c(F)c2nc(CCC3CCCN3CCCC)nc(N3CC4CCC(C3)N4)c2c2cn(C)nc12.C=CC. The maximum absolute atomic E-state index is 17.0. The third-order valence-electron chi connectivity index (χ3n) is 9.97. The van der Waals surface area contributed by atoms with Crippen LogP contribution in [0, 0.1) is 24.0 Å². The van der Waals surface area contributed by atoms with E-state index in [4.69, 9.17) is 16.4 Å². The second-order valence-electron chi connectivity index (χ2n) is 13.4. The highest BCUT2D eigenvalue weighted by Crippen LogP contribution is 2.38. The van der Waals surface area contributed by atoms with Crippen LogP contribution in [-0.2, 0) is 13.5 Å². The largest absolute Gasteiger partial charge is 0.353 e. The van der Waals surface area contributed by atoms with Crippen molar-refractivity contribution in [2.45, 2.75) is 83.3 Å². The second kappa shape index (κ2) is 14.6. The van der Waals surface area contributed by atoms with Crippen molar-refractivity contribution in [1.82, 2.24) is 30.0 Å². The number of benzene rings is 2. The predicted molar refractivity (Wildman–Crippen MR) is 192 cm³/mol. The minimum atomic E-state index is -0.547. The van der Waals surface area contributed by atoms with Gasteiger partial charge < -0.3 is 15.1 Å². The molecule has 2 aromatic heterocycles. The van der Waals surface area contributed by atoms with Crippen molar-refractivity contribution < 1.29 is 8.78 Å². The van der Waals surface area contributed by atoms with Crippen molar-refractivity contribution in [2.75, 3.05) is 31.1 Å². The van der Waals surface area contributed by atoms with Gasteiger partial charge in [-0.15, -0.1) is 13.0 Å². The fourth-order valence-corrected chi connectivity index (χ4v) is 7.71. The Morgan fingerprint density at radius 1 is 1.12 bits per heavy atom. The second-order valence-corrected chi connectivity index (χ2v) is 13.4. The number of aryl methyl sites for hydroxylation is 2. The number of hydrogen-bond acceptors (Lipinski definition) is 6. The quantitative estimate of drug-likeness (QED) is 0.205. The molecule has 3 aliphatic rings. The highest BCUT2D eigenvalue weighted by Gasteiger charge is 2.35. The summed E-state index contributed by atoms with van der Waals surface area (Å²) in [7, 11) is 1.82. The average molecular weight is 652 g/mol. The van der Waals surface area contributed by atoms with Crippen LogP contribution in [0.4, 0.5) is 14.6 Å². The van der Waals surface area contributed by atoms with E-state index in [0.29, 0.717) is 51.7 Å². The van der Waals surface area contributed by atoms with Crippen molar-refractivity contribution >= 4 is 40.3 Å². The Morgan fingerprint density at radius 2 is 1.88 bits per heavy atom. The van der Waals surface area contributed by atoms with Gasteiger partial charge in [-0.1, -0.05) is 38.0 Å². The van der Waals surface area contributed by atoms with Crippen LogP contribution in [0.3, 0.4) is 0 Å². The molecule has 5 heterocycles. The molecule has 2 aromatic carbocycles. The Hall–Kier alpha value is -4.13. The van der Waals surface area contributed by atoms with Gasteiger partial charge in [0, 0.05) is 67.0 Å². The smallest absolute Gasteiger partial charge is 0.159 e. The molecule has 0 aliphatic carbocycles. The Bertz CT molecular complexity index is 1960. The maximum atomic E-state index is 17.0. The number of nitrogens with zero attached hydrogens (tertiary/aromatic N) is 6. The summed E-state index contributed by atoms with van der Waals surface area (Å²) >= 11 is 0. The van der Waals surface area contributed by atoms with Crippen LogP contribution in [0.5, 0.6) is 0 Å². The molecule has 0 amide bonds. The summed E-state index contributed by atoms with van der Waals surface area (Å²) < 4.78 is 33.5. The monoisotopic (exact) mass is 651 g/mol. The maximum Gasteiger partial charge on any atom is 0.159 e. The van der Waals surface area contributed by atoms with E-state index in [1.54, 1.807) is 22.9 Å². The molecule has 7 rings (SSSR count). The van der Waals surface area contributed by atoms with Gasteiger partial charge in [0.1, 0.15) is 28.5 Å². The summed E-state index contributed by atoms with van der Waals surface area (Å²) in [4.78, 5) is 15.1. The summed E-state index contributed by atoms with van der Waals surface area (Å²) in [5.74, 6) is 2.82. The lowest BCUT2D eigenvalue weighted by atomic mass is 10.0. The van der Waals surface area contributed by atoms with Gasteiger partial charge in [-0.05, 0) is 75.9 Å². The third-order valence-corrected chi connectivity index (χ3v) is 9.97. The van der Waals surface area contributed by atoms with Gasteiger partial charge in [-0.3, -0.25) is 4.68 Å². The highest BCUT2D eigenvalue weighted by molar-refractivity contribution is 6.13. The number of rotatable bonds is 8. The number of unbranched alkanes of at least 4 members (excludes halogenated alkanes) is 1. The first-order valence-electron chi connectivity index (χ1n) is 17.4. The highest BCUT2D eigenvalue weighted by atomic mass is 19.1. The summed E-state index contributed by atoms with van der Waals surface area (Å²) in [6.45, 7) is 15.4. The van der Waals surface area contributed by atoms with Gasteiger partial charge in [0.05, 0.1) is 10.9 Å². The fourth-order valence-electron chi connectivity index (χ4n) is 7.71. The molecule has 252 valence electrons. The Kier molecular flexibility index (Phi) is 10.2. The number of likely N-dealkylation sites (tertiary alicyclic amines) is 1. The van der Waals surface area contributed by atoms with E-state index in [1.807, 2.05) is 20.2 Å². The molecule has 2 bridgehead atoms. The molecule has 0 saturated carbocycles. The van der Waals surface area contributed by atoms with Crippen molar-refractivity contribution in [3.8, 4) is 12.3 Å². The van der Waals surface area contributed by atoms with Crippen molar-refractivity contribution in [2.24, 2.45) is 7.05 Å². The molecule has 48 heavy (non-hydrogen) atoms. The topological polar surface area (TPSA) is 62.1 Å². The normalized spacial score (nSPS) is 21.1. The molecule has 4 aromatic rings. The van der Waals surface area contributed by atoms with Crippen molar-refractivity contribution in [1.29, 1.82) is 0 Å². The van der Waals surface area contributed by atoms with Gasteiger partial charge in [0.2, 0.25) is 0 Å². The molecule has 7 nitrogen and oxygen atoms in total. The van der Waals surface area contributed by atoms with Crippen molar-refractivity contribution in [3.63, 3.8) is 0 Å². The molecule has 3 fully saturated rings. The number of allylic oxidation sites excluding steroid dienone is 1. The van der Waals surface area contributed by atoms with Crippen LogP contribution in [0.25, 0.3) is 34.5 Å². The molecule has 3 atom stereocenters. The van der Waals surface area contributed by atoms with Crippen LogP contribution in [0.2, 0.25) is 0 Å². The summed E-state index contributed by atoms with van der Waals surface area (Å²) in [5.41, 5.74) is 1.01. The number of aromatic nitrogens is 4. The molecule has 0 spiro atoms. The number of halogens is 2. The minimum absolute atomic E-state index is 0.0515. The first kappa shape index (κ1) is 33.8. The van der Waals surface area contributed by atoms with Gasteiger partial charge in [0.15, 0.2) is 5.82 Å². The van der Waals surface area contributed by atoms with Crippen LogP contribution >= 0.6 is 0 Å². The number of hydrogen-bond donors (Lipinski definition) is 1. The van der Waals surface area contributed by atoms with E-state index < -0.39 is 11.6 Å². The summed E-state index contributed by atoms with van der Waals surface area (Å²) in [6.07, 6.45) is 19.6. The van der Waals surface area contributed by atoms with Crippen molar-refractivity contribution in [3.05, 3.63) is 70.0 Å². The Morgan fingerprint density at radius 3 is 2.58 bits per heavy atom. The molecule has 3 unspecified atom stereocenters. The van der Waals surface area contributed by atoms with Gasteiger partial charge in [0.25, 0.3) is 0 Å². The molecule has 3 saturated heterocycles. The molecular formula is C39H47F2N7. The summed E-state index contributed by atoms with van der Waals surface area (Å²) in [6, 6.07) is 4.11. The third kappa shape index (κ3) is 6.61. The number of fused-ring (bicyclic) bond motifs is 5. The number of piperazine rings is 1. The molecular weight excluding hydrogens is 604 g/mol. The number of terminal acetylenes is 1. The standard InChI is InChI=1S/C36H41F2N7.C3H6/c1-5-7-16-44-17-8-9-25(44)13-15-31-40-35-32(36(41-31)45-19-23-11-12-24(20-45)39-23)29-21-43(4)42-34(29)28(33(35)38)18-27-22(3)10-14-30(37)26(27)6-2;1-3-2/h2,10,14,18,21,23-25,39H,3,5,7-9,11-13,15-17,19-20H2,1,4H3;3H,1H2,2H3/b27-18-;. The van der Waals surface area contributed by atoms with Crippen LogP contribution in [0.1, 0.15) is 75.7 Å². The van der Waals surface area contributed by atoms with Crippen LogP contribution < -0.4 is 20.7 Å². The van der Waals surface area contributed by atoms with Crippen LogP contribution in [-0.4, -0.2) is 69.0 Å². The van der Waals surface area contributed by atoms with Crippen LogP contribution in [0.15, 0.2) is 31.0 Å². The van der Waals surface area contributed by atoms with E-state index in [9.17, 15) is 4.39 Å². The predicted octanol–water partition coefficient (Wildman–Crippen LogP) is 5.35. The van der Waals surface area contributed by atoms with E-state index in [0.717, 1.165) is 56.6 Å². The lowest BCUT2D eigenvalue weighted by Gasteiger charge is -2.34. The zero-order valence-corrected chi connectivity index (χ0v) is 28.5. The zero-order chi connectivity index (χ0) is 33.9. The zero-order valence-electron chi connectivity index (χ0n) is 28.5. The average Bonchev–Trinajstić information content (AvgIpc) is 3.79. The van der Waals surface area contributed by atoms with E-state index in [1.165, 1.54) is 31.7 Å². The minimum Gasteiger partial charge on any atom is -0.353 e. The van der Waals surface area contributed by atoms with Gasteiger partial charge >= 0.3 is 0 Å². The summed E-state index contributed by atoms with van der Waals surface area (Å²) in [5, 5.41) is 10.7. The molecule has 1 N–H and O–H groups in total. The first-order chi connectivity index (χ1) is 23.3. The fraction of sp³-hybridized carbons (Fsp3) is 0.462. The van der Waals surface area contributed by atoms with E-state index >= 15 is 4.39 Å². The van der Waals surface area contributed by atoms with E-state index in [-0.39, 0.29) is 16.6 Å². The Balaban J connectivity index is 0.00000129. The first-order valence-corrected chi connectivity index (χ1v) is 17.4.